The van der Waals surface area contributed by atoms with Gasteiger partial charge < -0.3 is 10.1 Å². The van der Waals surface area contributed by atoms with Gasteiger partial charge in [-0.15, -0.1) is 0 Å². The van der Waals surface area contributed by atoms with Crippen LogP contribution >= 0.6 is 0 Å². The molecule has 0 aliphatic carbocycles. The number of aryl methyl sites for hydroxylation is 1. The molecular formula is C12H19N3O. The number of aromatic nitrogens is 2. The van der Waals surface area contributed by atoms with E-state index in [0.29, 0.717) is 5.92 Å². The van der Waals surface area contributed by atoms with Crippen molar-refractivity contribution in [2.45, 2.75) is 26.2 Å². The van der Waals surface area contributed by atoms with Crippen LogP contribution in [0.4, 0.5) is 5.82 Å². The highest BCUT2D eigenvalue weighted by atomic mass is 16.5. The Morgan fingerprint density at radius 3 is 3.19 bits per heavy atom. The molecule has 1 fully saturated rings. The summed E-state index contributed by atoms with van der Waals surface area (Å²) in [7, 11) is 0. The van der Waals surface area contributed by atoms with Crippen molar-refractivity contribution in [1.82, 2.24) is 9.97 Å². The van der Waals surface area contributed by atoms with Gasteiger partial charge >= 0.3 is 0 Å². The van der Waals surface area contributed by atoms with Crippen molar-refractivity contribution in [3.8, 4) is 0 Å². The van der Waals surface area contributed by atoms with Crippen molar-refractivity contribution in [3.63, 3.8) is 0 Å². The monoisotopic (exact) mass is 221 g/mol. The minimum atomic E-state index is 0.619. The summed E-state index contributed by atoms with van der Waals surface area (Å²) < 4.78 is 5.44. The Kier molecular flexibility index (Phi) is 4.10. The second kappa shape index (κ2) is 5.80. The van der Waals surface area contributed by atoms with Crippen LogP contribution in [-0.2, 0) is 11.2 Å². The molecule has 1 aliphatic heterocycles. The molecule has 2 rings (SSSR count). The second-order valence-corrected chi connectivity index (χ2v) is 4.21. The molecule has 16 heavy (non-hydrogen) atoms. The van der Waals surface area contributed by atoms with E-state index in [4.69, 9.17) is 4.74 Å². The Morgan fingerprint density at radius 1 is 1.50 bits per heavy atom. The zero-order valence-corrected chi connectivity index (χ0v) is 9.78. The highest BCUT2D eigenvalue weighted by molar-refractivity contribution is 5.34. The highest BCUT2D eigenvalue weighted by Gasteiger charge is 2.13. The van der Waals surface area contributed by atoms with E-state index in [1.165, 1.54) is 12.8 Å². The molecule has 0 aromatic carbocycles. The fourth-order valence-electron chi connectivity index (χ4n) is 1.90. The molecule has 1 unspecified atom stereocenters. The number of anilines is 1. The maximum Gasteiger partial charge on any atom is 0.129 e. The van der Waals surface area contributed by atoms with Crippen molar-refractivity contribution < 1.29 is 4.74 Å². The first-order valence-corrected chi connectivity index (χ1v) is 6.01. The largest absolute Gasteiger partial charge is 0.381 e. The molecule has 1 aromatic rings. The van der Waals surface area contributed by atoms with Crippen LogP contribution in [0, 0.1) is 5.92 Å². The van der Waals surface area contributed by atoms with E-state index >= 15 is 0 Å². The third-order valence-electron chi connectivity index (χ3n) is 2.91. The van der Waals surface area contributed by atoms with E-state index in [-0.39, 0.29) is 0 Å². The summed E-state index contributed by atoms with van der Waals surface area (Å²) in [6.07, 6.45) is 5.00. The maximum absolute atomic E-state index is 5.44. The van der Waals surface area contributed by atoms with E-state index in [1.807, 2.05) is 6.07 Å². The number of hydrogen-bond acceptors (Lipinski definition) is 4. The predicted molar refractivity (Wildman–Crippen MR) is 63.4 cm³/mol. The minimum Gasteiger partial charge on any atom is -0.381 e. The molecule has 1 saturated heterocycles. The fraction of sp³-hybridized carbons (Fsp3) is 0.667. The maximum atomic E-state index is 5.44. The summed E-state index contributed by atoms with van der Waals surface area (Å²) >= 11 is 0. The van der Waals surface area contributed by atoms with E-state index < -0.39 is 0 Å². The summed E-state index contributed by atoms with van der Waals surface area (Å²) in [5.74, 6) is 1.55. The van der Waals surface area contributed by atoms with Gasteiger partial charge in [0.1, 0.15) is 12.1 Å². The molecule has 4 nitrogen and oxygen atoms in total. The topological polar surface area (TPSA) is 47.0 Å². The zero-order chi connectivity index (χ0) is 11.2. The lowest BCUT2D eigenvalue weighted by atomic mass is 10.0. The molecule has 0 amide bonds. The number of rotatable bonds is 4. The fourth-order valence-corrected chi connectivity index (χ4v) is 1.90. The molecule has 0 spiro atoms. The van der Waals surface area contributed by atoms with Crippen LogP contribution in [0.1, 0.15) is 25.5 Å². The van der Waals surface area contributed by atoms with Crippen molar-refractivity contribution in [1.29, 1.82) is 0 Å². The molecule has 4 heteroatoms. The Labute approximate surface area is 96.4 Å². The molecule has 1 N–H and O–H groups in total. The van der Waals surface area contributed by atoms with Crippen molar-refractivity contribution >= 4 is 5.82 Å². The molecule has 88 valence electrons. The molecule has 1 atom stereocenters. The average molecular weight is 221 g/mol. The average Bonchev–Trinajstić information content (AvgIpc) is 2.38. The van der Waals surface area contributed by atoms with Crippen molar-refractivity contribution in [2.24, 2.45) is 5.92 Å². The second-order valence-electron chi connectivity index (χ2n) is 4.21. The van der Waals surface area contributed by atoms with Gasteiger partial charge in [0, 0.05) is 24.9 Å². The Hall–Kier alpha value is -1.16. The number of nitrogens with one attached hydrogen (secondary N) is 1. The van der Waals surface area contributed by atoms with E-state index in [9.17, 15) is 0 Å². The smallest absolute Gasteiger partial charge is 0.129 e. The van der Waals surface area contributed by atoms with Gasteiger partial charge in [-0.3, -0.25) is 0 Å². The lowest BCUT2D eigenvalue weighted by molar-refractivity contribution is 0.0595. The first-order chi connectivity index (χ1) is 7.88. The van der Waals surface area contributed by atoms with Gasteiger partial charge in [0.05, 0.1) is 6.61 Å². The highest BCUT2D eigenvalue weighted by Crippen LogP contribution is 2.14. The minimum absolute atomic E-state index is 0.619. The van der Waals surface area contributed by atoms with Crippen LogP contribution in [0.25, 0.3) is 0 Å². The van der Waals surface area contributed by atoms with E-state index in [1.54, 1.807) is 6.33 Å². The Bertz CT molecular complexity index is 324. The van der Waals surface area contributed by atoms with Crippen molar-refractivity contribution in [2.75, 3.05) is 25.1 Å². The molecule has 0 saturated carbocycles. The first kappa shape index (κ1) is 11.3. The van der Waals surface area contributed by atoms with Crippen molar-refractivity contribution in [3.05, 3.63) is 18.1 Å². The molecule has 1 aromatic heterocycles. The lowest BCUT2D eigenvalue weighted by Gasteiger charge is -2.22. The predicted octanol–water partition coefficient (Wildman–Crippen LogP) is 1.88. The number of nitrogens with zero attached hydrogens (tertiary/aromatic N) is 2. The van der Waals surface area contributed by atoms with Crippen LogP contribution in [0.15, 0.2) is 12.4 Å². The molecule has 2 heterocycles. The Balaban J connectivity index is 1.83. The molecule has 0 bridgehead atoms. The normalized spacial score (nSPS) is 20.7. The van der Waals surface area contributed by atoms with E-state index in [2.05, 4.69) is 22.2 Å². The van der Waals surface area contributed by atoms with Crippen LogP contribution in [-0.4, -0.2) is 29.7 Å². The first-order valence-electron chi connectivity index (χ1n) is 6.01. The SMILES string of the molecule is CCc1cc(NCC2CCCOC2)ncn1. The van der Waals surface area contributed by atoms with Crippen LogP contribution < -0.4 is 5.32 Å². The third kappa shape index (κ3) is 3.17. The lowest BCUT2D eigenvalue weighted by Crippen LogP contribution is -2.24. The van der Waals surface area contributed by atoms with Crippen LogP contribution in [0.2, 0.25) is 0 Å². The van der Waals surface area contributed by atoms with Crippen LogP contribution in [0.5, 0.6) is 0 Å². The number of hydrogen-bond donors (Lipinski definition) is 1. The van der Waals surface area contributed by atoms with Gasteiger partial charge in [0.15, 0.2) is 0 Å². The van der Waals surface area contributed by atoms with Gasteiger partial charge in [-0.25, -0.2) is 9.97 Å². The van der Waals surface area contributed by atoms with Gasteiger partial charge in [-0.2, -0.15) is 0 Å². The van der Waals surface area contributed by atoms with Gasteiger partial charge in [-0.05, 0) is 25.2 Å². The summed E-state index contributed by atoms with van der Waals surface area (Å²) in [6, 6.07) is 2.02. The summed E-state index contributed by atoms with van der Waals surface area (Å²) in [6.45, 7) is 4.84. The summed E-state index contributed by atoms with van der Waals surface area (Å²) in [4.78, 5) is 8.39. The molecule has 1 aliphatic rings. The van der Waals surface area contributed by atoms with Gasteiger partial charge in [0.2, 0.25) is 0 Å². The van der Waals surface area contributed by atoms with Gasteiger partial charge in [0.25, 0.3) is 0 Å². The van der Waals surface area contributed by atoms with Gasteiger partial charge in [-0.1, -0.05) is 6.92 Å². The van der Waals surface area contributed by atoms with E-state index in [0.717, 1.165) is 37.7 Å². The summed E-state index contributed by atoms with van der Waals surface area (Å²) in [5.41, 5.74) is 1.08. The zero-order valence-electron chi connectivity index (χ0n) is 9.78. The van der Waals surface area contributed by atoms with Crippen LogP contribution in [0.3, 0.4) is 0 Å². The molecule has 0 radical (unpaired) electrons. The quantitative estimate of drug-likeness (QED) is 0.843. The standard InChI is InChI=1S/C12H19N3O/c1-2-11-6-12(15-9-14-11)13-7-10-4-3-5-16-8-10/h6,9-10H,2-5,7-8H2,1H3,(H,13,14,15). The number of ether oxygens (including phenoxy) is 1. The summed E-state index contributed by atoms with van der Waals surface area (Å²) in [5, 5.41) is 3.36. The third-order valence-corrected chi connectivity index (χ3v) is 2.91. The molecular weight excluding hydrogens is 202 g/mol. The Morgan fingerprint density at radius 2 is 2.44 bits per heavy atom.